The van der Waals surface area contributed by atoms with Crippen molar-refractivity contribution >= 4 is 17.3 Å². The van der Waals surface area contributed by atoms with E-state index in [-0.39, 0.29) is 17.9 Å². The first kappa shape index (κ1) is 19.4. The van der Waals surface area contributed by atoms with Gasteiger partial charge in [0.2, 0.25) is 11.6 Å². The Morgan fingerprint density at radius 2 is 1.97 bits per heavy atom. The highest BCUT2D eigenvalue weighted by Crippen LogP contribution is 2.27. The first-order valence-electron chi connectivity index (χ1n) is 8.69. The molecule has 0 aliphatic heterocycles. The number of carbonyl (C=O) groups is 1. The quantitative estimate of drug-likeness (QED) is 0.531. The van der Waals surface area contributed by atoms with Crippen LogP contribution in [0.3, 0.4) is 0 Å². The zero-order valence-corrected chi connectivity index (χ0v) is 15.5. The maximum atomic E-state index is 12.5. The summed E-state index contributed by atoms with van der Waals surface area (Å²) in [5, 5.41) is 6.85. The van der Waals surface area contributed by atoms with Gasteiger partial charge in [-0.1, -0.05) is 18.2 Å². The number of pyridine rings is 1. The van der Waals surface area contributed by atoms with Crippen molar-refractivity contribution in [1.82, 2.24) is 19.6 Å². The molecule has 8 nitrogen and oxygen atoms in total. The summed E-state index contributed by atoms with van der Waals surface area (Å²) in [6.45, 7) is 1.78. The fourth-order valence-corrected chi connectivity index (χ4v) is 2.77. The molecule has 0 atom stereocenters. The molecular weight excluding hydrogens is 403 g/mol. The summed E-state index contributed by atoms with van der Waals surface area (Å²) >= 11 is 0. The van der Waals surface area contributed by atoms with Gasteiger partial charge in [0.15, 0.2) is 0 Å². The number of aromatic nitrogens is 4. The lowest BCUT2D eigenvalue weighted by Crippen LogP contribution is -2.20. The molecule has 0 aliphatic carbocycles. The van der Waals surface area contributed by atoms with Crippen molar-refractivity contribution < 1.29 is 27.1 Å². The molecule has 30 heavy (non-hydrogen) atoms. The Bertz CT molecular complexity index is 1200. The fourth-order valence-electron chi connectivity index (χ4n) is 2.77. The van der Waals surface area contributed by atoms with Gasteiger partial charge in [0, 0.05) is 5.56 Å². The van der Waals surface area contributed by atoms with Crippen LogP contribution in [0.5, 0.6) is 5.75 Å². The van der Waals surface area contributed by atoms with Gasteiger partial charge in [-0.05, 0) is 25.1 Å². The second-order valence-electron chi connectivity index (χ2n) is 6.28. The van der Waals surface area contributed by atoms with Crippen LogP contribution >= 0.6 is 0 Å². The number of fused-ring (bicyclic) bond motifs is 1. The zero-order chi connectivity index (χ0) is 21.3. The number of benzene rings is 1. The van der Waals surface area contributed by atoms with Gasteiger partial charge in [-0.15, -0.1) is 18.3 Å². The van der Waals surface area contributed by atoms with Gasteiger partial charge in [0.05, 0.1) is 24.5 Å². The topological polar surface area (TPSA) is 94.5 Å². The van der Waals surface area contributed by atoms with E-state index in [1.807, 2.05) is 0 Å². The van der Waals surface area contributed by atoms with Crippen molar-refractivity contribution in [3.05, 3.63) is 60.2 Å². The molecule has 4 rings (SSSR count). The molecule has 3 heterocycles. The first-order chi connectivity index (χ1) is 14.3. The van der Waals surface area contributed by atoms with Crippen LogP contribution in [-0.4, -0.2) is 31.9 Å². The second kappa shape index (κ2) is 7.50. The highest BCUT2D eigenvalue weighted by atomic mass is 19.4. The summed E-state index contributed by atoms with van der Waals surface area (Å²) < 4.78 is 48.6. The molecule has 0 aliphatic rings. The first-order valence-corrected chi connectivity index (χ1v) is 8.69. The van der Waals surface area contributed by atoms with Crippen molar-refractivity contribution in [2.24, 2.45) is 0 Å². The van der Waals surface area contributed by atoms with Gasteiger partial charge >= 0.3 is 6.36 Å². The van der Waals surface area contributed by atoms with Gasteiger partial charge in [-0.2, -0.15) is 4.52 Å². The Morgan fingerprint density at radius 1 is 1.17 bits per heavy atom. The van der Waals surface area contributed by atoms with Crippen LogP contribution in [0.25, 0.3) is 17.3 Å². The minimum Gasteiger partial charge on any atom is -0.415 e. The molecule has 3 aromatic heterocycles. The van der Waals surface area contributed by atoms with E-state index in [0.717, 1.165) is 6.07 Å². The van der Waals surface area contributed by atoms with Crippen molar-refractivity contribution in [2.75, 3.05) is 5.32 Å². The van der Waals surface area contributed by atoms with E-state index in [1.165, 1.54) is 28.9 Å². The number of anilines is 1. The molecule has 0 fully saturated rings. The molecular formula is C19H14F3N5O3. The normalized spacial score (nSPS) is 11.6. The summed E-state index contributed by atoms with van der Waals surface area (Å²) in [7, 11) is 0. The molecule has 1 aromatic carbocycles. The second-order valence-corrected chi connectivity index (χ2v) is 6.28. The van der Waals surface area contributed by atoms with Crippen LogP contribution in [0, 0.1) is 6.92 Å². The Hall–Kier alpha value is -3.89. The predicted octanol–water partition coefficient (Wildman–Crippen LogP) is 3.77. The van der Waals surface area contributed by atoms with Crippen molar-refractivity contribution in [3.63, 3.8) is 0 Å². The molecule has 4 aromatic rings. The molecule has 1 N–H and O–H groups in total. The third-order valence-electron chi connectivity index (χ3n) is 4.08. The number of amides is 1. The predicted molar refractivity (Wildman–Crippen MR) is 98.7 cm³/mol. The van der Waals surface area contributed by atoms with Crippen LogP contribution < -0.4 is 10.1 Å². The van der Waals surface area contributed by atoms with E-state index < -0.39 is 18.0 Å². The number of hydrogen-bond acceptors (Lipinski definition) is 6. The molecule has 0 bridgehead atoms. The van der Waals surface area contributed by atoms with E-state index in [9.17, 15) is 18.0 Å². The van der Waals surface area contributed by atoms with Crippen molar-refractivity contribution in [2.45, 2.75) is 19.7 Å². The molecule has 0 radical (unpaired) electrons. The average Bonchev–Trinajstić information content (AvgIpc) is 3.25. The van der Waals surface area contributed by atoms with Crippen LogP contribution in [0.15, 0.2) is 53.2 Å². The number of nitrogens with one attached hydrogen (secondary N) is 1. The van der Waals surface area contributed by atoms with Crippen molar-refractivity contribution in [3.8, 4) is 17.3 Å². The van der Waals surface area contributed by atoms with Crippen LogP contribution in [0.1, 0.15) is 11.4 Å². The Labute approximate surface area is 167 Å². The highest BCUT2D eigenvalue weighted by molar-refractivity contribution is 5.92. The van der Waals surface area contributed by atoms with Gasteiger partial charge in [0.25, 0.3) is 5.89 Å². The number of alkyl halides is 3. The van der Waals surface area contributed by atoms with Gasteiger partial charge in [0.1, 0.15) is 17.3 Å². The summed E-state index contributed by atoms with van der Waals surface area (Å²) in [5.41, 5.74) is 1.40. The maximum absolute atomic E-state index is 12.5. The minimum atomic E-state index is -4.84. The third kappa shape index (κ3) is 4.24. The lowest BCUT2D eigenvalue weighted by atomic mass is 10.1. The van der Waals surface area contributed by atoms with Gasteiger partial charge in [-0.3, -0.25) is 4.79 Å². The SMILES string of the molecule is Cc1ncc2oc(-c3ccc(NC(=O)Cc4ccccc4OC(F)(F)F)cn3)nn12. The standard InChI is InChI=1S/C19H14F3N5O3/c1-11-23-10-17-27(11)26-18(29-17)14-7-6-13(9-24-14)25-16(28)8-12-4-2-3-5-15(12)30-19(20,21)22/h2-7,9-10H,8H2,1H3,(H,25,28). The molecule has 11 heteroatoms. The molecule has 0 saturated heterocycles. The molecule has 154 valence electrons. The molecule has 1 amide bonds. The summed E-state index contributed by atoms with van der Waals surface area (Å²) in [6, 6.07) is 8.66. The van der Waals surface area contributed by atoms with E-state index >= 15 is 0 Å². The molecule has 0 saturated carbocycles. The van der Waals surface area contributed by atoms with E-state index in [4.69, 9.17) is 4.42 Å². The maximum Gasteiger partial charge on any atom is 0.573 e. The minimum absolute atomic E-state index is 0.108. The van der Waals surface area contributed by atoms with Gasteiger partial charge < -0.3 is 14.5 Å². The average molecular weight is 417 g/mol. The van der Waals surface area contributed by atoms with Crippen molar-refractivity contribution in [1.29, 1.82) is 0 Å². The number of halogens is 3. The number of imidazole rings is 1. The Morgan fingerprint density at radius 3 is 2.67 bits per heavy atom. The summed E-state index contributed by atoms with van der Waals surface area (Å²) in [4.78, 5) is 20.5. The molecule has 0 spiro atoms. The lowest BCUT2D eigenvalue weighted by molar-refractivity contribution is -0.274. The van der Waals surface area contributed by atoms with E-state index in [0.29, 0.717) is 22.9 Å². The number of para-hydroxylation sites is 1. The van der Waals surface area contributed by atoms with Crippen LogP contribution in [0.2, 0.25) is 0 Å². The zero-order valence-electron chi connectivity index (χ0n) is 15.5. The van der Waals surface area contributed by atoms with Gasteiger partial charge in [-0.25, -0.2) is 9.97 Å². The third-order valence-corrected chi connectivity index (χ3v) is 4.08. The number of hydrogen-bond donors (Lipinski definition) is 1. The van der Waals surface area contributed by atoms with E-state index in [2.05, 4.69) is 25.1 Å². The fraction of sp³-hybridized carbons (Fsp3) is 0.158. The van der Waals surface area contributed by atoms with Crippen LogP contribution in [-0.2, 0) is 11.2 Å². The smallest absolute Gasteiger partial charge is 0.415 e. The number of carbonyl (C=O) groups excluding carboxylic acids is 1. The number of aryl methyl sites for hydroxylation is 1. The summed E-state index contributed by atoms with van der Waals surface area (Å²) in [6.07, 6.45) is -2.20. The molecule has 0 unspecified atom stereocenters. The largest absolute Gasteiger partial charge is 0.573 e. The summed E-state index contributed by atoms with van der Waals surface area (Å²) in [5.74, 6) is 0.0128. The number of nitrogens with zero attached hydrogens (tertiary/aromatic N) is 4. The monoisotopic (exact) mass is 417 g/mol. The lowest BCUT2D eigenvalue weighted by Gasteiger charge is -2.13. The van der Waals surface area contributed by atoms with Crippen LogP contribution in [0.4, 0.5) is 18.9 Å². The Balaban J connectivity index is 1.44. The number of rotatable bonds is 5. The Kier molecular flexibility index (Phi) is 4.86. The highest BCUT2D eigenvalue weighted by Gasteiger charge is 2.32. The van der Waals surface area contributed by atoms with E-state index in [1.54, 1.807) is 25.3 Å². The number of ether oxygens (including phenoxy) is 1.